The molecule has 3 nitrogen and oxygen atoms in total. The number of rotatable bonds is 5. The van der Waals surface area contributed by atoms with Gasteiger partial charge in [-0.3, -0.25) is 5.84 Å². The summed E-state index contributed by atoms with van der Waals surface area (Å²) in [6, 6.07) is 7.75. The van der Waals surface area contributed by atoms with Crippen LogP contribution in [0, 0.1) is 0 Å². The van der Waals surface area contributed by atoms with E-state index in [2.05, 4.69) is 22.9 Å². The first kappa shape index (κ1) is 11.7. The van der Waals surface area contributed by atoms with Gasteiger partial charge in [0.05, 0.1) is 6.04 Å². The molecule has 0 bridgehead atoms. The van der Waals surface area contributed by atoms with Crippen molar-refractivity contribution >= 4 is 22.9 Å². The highest BCUT2D eigenvalue weighted by atomic mass is 35.5. The number of hydrazine groups is 1. The van der Waals surface area contributed by atoms with E-state index in [1.807, 2.05) is 6.07 Å². The van der Waals surface area contributed by atoms with E-state index in [4.69, 9.17) is 21.9 Å². The topological polar surface area (TPSA) is 51.2 Å². The van der Waals surface area contributed by atoms with Crippen molar-refractivity contribution in [3.63, 3.8) is 0 Å². The lowest BCUT2D eigenvalue weighted by Crippen LogP contribution is -2.28. The summed E-state index contributed by atoms with van der Waals surface area (Å²) in [5, 5.41) is 2.47. The largest absolute Gasteiger partial charge is 0.448 e. The van der Waals surface area contributed by atoms with Gasteiger partial charge in [-0.2, -0.15) is 0 Å². The minimum Gasteiger partial charge on any atom is -0.448 e. The highest BCUT2D eigenvalue weighted by Gasteiger charge is 2.13. The van der Waals surface area contributed by atoms with Crippen LogP contribution in [0.3, 0.4) is 0 Å². The average Bonchev–Trinajstić information content (AvgIpc) is 2.91. The van der Waals surface area contributed by atoms with Crippen molar-refractivity contribution in [2.45, 2.75) is 18.9 Å². The Bertz CT molecular complexity index is 427. The van der Waals surface area contributed by atoms with E-state index >= 15 is 0 Å². The number of furan rings is 1. The van der Waals surface area contributed by atoms with Gasteiger partial charge in [-0.15, -0.1) is 11.3 Å². The molecule has 0 saturated carbocycles. The van der Waals surface area contributed by atoms with Crippen LogP contribution < -0.4 is 11.3 Å². The Morgan fingerprint density at radius 1 is 1.44 bits per heavy atom. The smallest absolute Gasteiger partial charge is 0.193 e. The van der Waals surface area contributed by atoms with E-state index in [0.29, 0.717) is 5.22 Å². The van der Waals surface area contributed by atoms with Gasteiger partial charge in [0.15, 0.2) is 5.22 Å². The average molecular weight is 257 g/mol. The summed E-state index contributed by atoms with van der Waals surface area (Å²) >= 11 is 7.48. The summed E-state index contributed by atoms with van der Waals surface area (Å²) in [5.74, 6) is 6.29. The molecule has 1 atom stereocenters. The third kappa shape index (κ3) is 2.86. The molecule has 0 saturated heterocycles. The van der Waals surface area contributed by atoms with Gasteiger partial charge >= 0.3 is 0 Å². The molecule has 3 N–H and O–H groups in total. The fourth-order valence-electron chi connectivity index (χ4n) is 1.56. The molecule has 0 aliphatic carbocycles. The third-order valence-electron chi connectivity index (χ3n) is 2.40. The van der Waals surface area contributed by atoms with Crippen molar-refractivity contribution in [1.29, 1.82) is 0 Å². The first-order valence-corrected chi connectivity index (χ1v) is 6.29. The van der Waals surface area contributed by atoms with Crippen LogP contribution in [0.2, 0.25) is 5.22 Å². The SMILES string of the molecule is NNC(CCc1cccs1)c1ccc(Cl)o1. The number of hydrogen-bond acceptors (Lipinski definition) is 4. The molecule has 2 aromatic heterocycles. The molecule has 1 unspecified atom stereocenters. The first-order valence-electron chi connectivity index (χ1n) is 5.03. The fourth-order valence-corrected chi connectivity index (χ4v) is 2.44. The van der Waals surface area contributed by atoms with Crippen LogP contribution in [0.1, 0.15) is 23.1 Å². The lowest BCUT2D eigenvalue weighted by Gasteiger charge is -2.12. The van der Waals surface area contributed by atoms with Gasteiger partial charge in [0.1, 0.15) is 5.76 Å². The minimum absolute atomic E-state index is 0.00889. The molecule has 0 radical (unpaired) electrons. The summed E-state index contributed by atoms with van der Waals surface area (Å²) in [6.07, 6.45) is 1.87. The lowest BCUT2D eigenvalue weighted by atomic mass is 10.1. The lowest BCUT2D eigenvalue weighted by molar-refractivity contribution is 0.402. The van der Waals surface area contributed by atoms with E-state index in [9.17, 15) is 0 Å². The van der Waals surface area contributed by atoms with E-state index in [0.717, 1.165) is 18.6 Å². The van der Waals surface area contributed by atoms with Crippen LogP contribution in [0.4, 0.5) is 0 Å². The van der Waals surface area contributed by atoms with Gasteiger partial charge in [0.25, 0.3) is 0 Å². The summed E-state index contributed by atoms with van der Waals surface area (Å²) < 4.78 is 5.33. The predicted octanol–water partition coefficient (Wildman–Crippen LogP) is 3.13. The standard InChI is InChI=1S/C11H13ClN2OS/c12-11-6-5-10(15-11)9(14-13)4-3-8-2-1-7-16-8/h1-2,5-7,9,14H,3-4,13H2. The van der Waals surface area contributed by atoms with Crippen molar-refractivity contribution < 1.29 is 4.42 Å². The second kappa shape index (κ2) is 5.50. The van der Waals surface area contributed by atoms with Crippen molar-refractivity contribution in [2.75, 3.05) is 0 Å². The number of aryl methyl sites for hydroxylation is 1. The predicted molar refractivity (Wildman–Crippen MR) is 66.4 cm³/mol. The van der Waals surface area contributed by atoms with Crippen LogP contribution in [0.5, 0.6) is 0 Å². The zero-order chi connectivity index (χ0) is 11.4. The molecular weight excluding hydrogens is 244 g/mol. The Kier molecular flexibility index (Phi) is 4.01. The zero-order valence-electron chi connectivity index (χ0n) is 8.65. The van der Waals surface area contributed by atoms with Crippen LogP contribution >= 0.6 is 22.9 Å². The van der Waals surface area contributed by atoms with Gasteiger partial charge in [0.2, 0.25) is 0 Å². The second-order valence-corrected chi connectivity index (χ2v) is 4.88. The molecule has 2 aromatic rings. The van der Waals surface area contributed by atoms with Crippen LogP contribution in [-0.2, 0) is 6.42 Å². The number of halogens is 1. The van der Waals surface area contributed by atoms with Gasteiger partial charge in [0, 0.05) is 4.88 Å². The molecular formula is C11H13ClN2OS. The van der Waals surface area contributed by atoms with Crippen molar-refractivity contribution in [2.24, 2.45) is 5.84 Å². The van der Waals surface area contributed by atoms with E-state index in [-0.39, 0.29) is 6.04 Å². The second-order valence-electron chi connectivity index (χ2n) is 3.48. The molecule has 86 valence electrons. The van der Waals surface area contributed by atoms with Crippen LogP contribution in [0.15, 0.2) is 34.1 Å². The summed E-state index contributed by atoms with van der Waals surface area (Å²) in [6.45, 7) is 0. The maximum atomic E-state index is 5.73. The minimum atomic E-state index is 0.00889. The van der Waals surface area contributed by atoms with E-state index in [1.165, 1.54) is 4.88 Å². The molecule has 0 spiro atoms. The maximum absolute atomic E-state index is 5.73. The highest BCUT2D eigenvalue weighted by Crippen LogP contribution is 2.24. The Morgan fingerprint density at radius 2 is 2.31 bits per heavy atom. The molecule has 2 rings (SSSR count). The zero-order valence-corrected chi connectivity index (χ0v) is 10.2. The van der Waals surface area contributed by atoms with Crippen LogP contribution in [-0.4, -0.2) is 0 Å². The van der Waals surface area contributed by atoms with Crippen molar-refractivity contribution in [3.8, 4) is 0 Å². The Labute approximate surface area is 103 Å². The van der Waals surface area contributed by atoms with E-state index in [1.54, 1.807) is 17.4 Å². The van der Waals surface area contributed by atoms with Gasteiger partial charge in [-0.05, 0) is 48.0 Å². The van der Waals surface area contributed by atoms with Gasteiger partial charge < -0.3 is 4.42 Å². The molecule has 16 heavy (non-hydrogen) atoms. The maximum Gasteiger partial charge on any atom is 0.193 e. The monoisotopic (exact) mass is 256 g/mol. The first-order chi connectivity index (χ1) is 7.79. The summed E-state index contributed by atoms with van der Waals surface area (Å²) in [4.78, 5) is 1.35. The molecule has 0 fully saturated rings. The number of nitrogens with two attached hydrogens (primary N) is 1. The highest BCUT2D eigenvalue weighted by molar-refractivity contribution is 7.09. The van der Waals surface area contributed by atoms with Crippen LogP contribution in [0.25, 0.3) is 0 Å². The summed E-state index contributed by atoms with van der Waals surface area (Å²) in [7, 11) is 0. The normalized spacial score (nSPS) is 12.9. The van der Waals surface area contributed by atoms with Gasteiger partial charge in [-0.1, -0.05) is 6.07 Å². The Morgan fingerprint density at radius 3 is 2.88 bits per heavy atom. The molecule has 0 aliphatic rings. The molecule has 0 aromatic carbocycles. The van der Waals surface area contributed by atoms with Gasteiger partial charge in [-0.25, -0.2) is 5.43 Å². The quantitative estimate of drug-likeness (QED) is 0.638. The summed E-state index contributed by atoms with van der Waals surface area (Å²) in [5.41, 5.74) is 2.75. The fraction of sp³-hybridized carbons (Fsp3) is 0.273. The molecule has 0 amide bonds. The number of nitrogens with one attached hydrogen (secondary N) is 1. The number of hydrogen-bond donors (Lipinski definition) is 2. The third-order valence-corrected chi connectivity index (χ3v) is 3.54. The molecule has 0 aliphatic heterocycles. The van der Waals surface area contributed by atoms with E-state index < -0.39 is 0 Å². The van der Waals surface area contributed by atoms with Crippen molar-refractivity contribution in [3.05, 3.63) is 45.5 Å². The molecule has 5 heteroatoms. The number of thiophene rings is 1. The molecule has 2 heterocycles. The Hall–Kier alpha value is -0.810. The Balaban J connectivity index is 1.96. The van der Waals surface area contributed by atoms with Crippen molar-refractivity contribution in [1.82, 2.24) is 5.43 Å².